The Hall–Kier alpha value is -1.64. The summed E-state index contributed by atoms with van der Waals surface area (Å²) in [5.74, 6) is 1.21. The molecule has 0 amide bonds. The van der Waals surface area contributed by atoms with Crippen molar-refractivity contribution in [1.29, 1.82) is 5.26 Å². The van der Waals surface area contributed by atoms with Crippen molar-refractivity contribution in [2.75, 3.05) is 38.2 Å². The molecule has 5 nitrogen and oxygen atoms in total. The quantitative estimate of drug-likeness (QED) is 0.886. The summed E-state index contributed by atoms with van der Waals surface area (Å²) in [5.41, 5.74) is 0.594. The minimum Gasteiger partial charge on any atom is -0.379 e. The van der Waals surface area contributed by atoms with Crippen LogP contribution in [-0.4, -0.2) is 48.8 Å². The van der Waals surface area contributed by atoms with Gasteiger partial charge >= 0.3 is 0 Å². The first-order valence-electron chi connectivity index (χ1n) is 7.13. The third-order valence-electron chi connectivity index (χ3n) is 3.69. The maximum Gasteiger partial charge on any atom is 0.143 e. The highest BCUT2D eigenvalue weighted by Crippen LogP contribution is 2.15. The molecule has 1 aromatic heterocycles. The Balaban J connectivity index is 2.00. The van der Waals surface area contributed by atoms with Gasteiger partial charge in [0.25, 0.3) is 0 Å². The largest absolute Gasteiger partial charge is 0.379 e. The van der Waals surface area contributed by atoms with Crippen LogP contribution in [-0.2, 0) is 4.74 Å². The van der Waals surface area contributed by atoms with Gasteiger partial charge in [0.15, 0.2) is 0 Å². The molecule has 1 aliphatic heterocycles. The van der Waals surface area contributed by atoms with Crippen LogP contribution in [0.15, 0.2) is 18.3 Å². The maximum atomic E-state index is 9.08. The van der Waals surface area contributed by atoms with Gasteiger partial charge in [0.05, 0.1) is 18.8 Å². The van der Waals surface area contributed by atoms with Crippen LogP contribution < -0.4 is 5.32 Å². The number of nitrogens with zero attached hydrogens (tertiary/aromatic N) is 3. The highest BCUT2D eigenvalue weighted by Gasteiger charge is 2.23. The summed E-state index contributed by atoms with van der Waals surface area (Å²) in [7, 11) is 0. The van der Waals surface area contributed by atoms with Gasteiger partial charge in [-0.1, -0.05) is 13.8 Å². The fraction of sp³-hybridized carbons (Fsp3) is 0.600. The van der Waals surface area contributed by atoms with E-state index in [0.717, 1.165) is 32.8 Å². The lowest BCUT2D eigenvalue weighted by atomic mass is 10.0. The molecule has 0 aliphatic carbocycles. The molecule has 1 aromatic rings. The Labute approximate surface area is 120 Å². The fourth-order valence-electron chi connectivity index (χ4n) is 2.53. The van der Waals surface area contributed by atoms with E-state index in [1.54, 1.807) is 18.3 Å². The third-order valence-corrected chi connectivity index (χ3v) is 3.69. The van der Waals surface area contributed by atoms with Crippen LogP contribution in [0.25, 0.3) is 0 Å². The topological polar surface area (TPSA) is 61.2 Å². The van der Waals surface area contributed by atoms with E-state index < -0.39 is 0 Å². The molecular formula is C15H22N4O. The van der Waals surface area contributed by atoms with E-state index in [9.17, 15) is 0 Å². The monoisotopic (exact) mass is 274 g/mol. The number of pyridine rings is 1. The lowest BCUT2D eigenvalue weighted by Gasteiger charge is -2.37. The lowest BCUT2D eigenvalue weighted by Crippen LogP contribution is -2.49. The molecule has 2 rings (SSSR count). The average Bonchev–Trinajstić information content (AvgIpc) is 2.48. The van der Waals surface area contributed by atoms with Crippen LogP contribution >= 0.6 is 0 Å². The molecule has 20 heavy (non-hydrogen) atoms. The molecule has 1 aliphatic rings. The predicted molar refractivity (Wildman–Crippen MR) is 78.5 cm³/mol. The van der Waals surface area contributed by atoms with E-state index in [1.165, 1.54) is 0 Å². The number of aromatic nitrogens is 1. The van der Waals surface area contributed by atoms with Gasteiger partial charge in [-0.2, -0.15) is 5.26 Å². The number of hydrogen-bond donors (Lipinski definition) is 1. The van der Waals surface area contributed by atoms with Crippen molar-refractivity contribution in [3.05, 3.63) is 23.9 Å². The minimum atomic E-state index is 0.424. The number of anilines is 1. The van der Waals surface area contributed by atoms with Crippen LogP contribution in [0.5, 0.6) is 0 Å². The first-order chi connectivity index (χ1) is 9.72. The van der Waals surface area contributed by atoms with E-state index in [4.69, 9.17) is 10.00 Å². The van der Waals surface area contributed by atoms with Gasteiger partial charge < -0.3 is 10.1 Å². The van der Waals surface area contributed by atoms with Crippen molar-refractivity contribution in [1.82, 2.24) is 9.88 Å². The fourth-order valence-corrected chi connectivity index (χ4v) is 2.53. The van der Waals surface area contributed by atoms with Crippen molar-refractivity contribution in [2.45, 2.75) is 19.9 Å². The predicted octanol–water partition coefficient (Wildman–Crippen LogP) is 1.72. The Bertz CT molecular complexity index is 463. The minimum absolute atomic E-state index is 0.424. The van der Waals surface area contributed by atoms with Crippen LogP contribution in [0, 0.1) is 17.2 Å². The van der Waals surface area contributed by atoms with Gasteiger partial charge in [-0.15, -0.1) is 0 Å². The molecule has 0 saturated carbocycles. The normalized spacial score (nSPS) is 17.7. The van der Waals surface area contributed by atoms with Crippen LogP contribution in [0.3, 0.4) is 0 Å². The summed E-state index contributed by atoms with van der Waals surface area (Å²) >= 11 is 0. The average molecular weight is 274 g/mol. The van der Waals surface area contributed by atoms with E-state index in [0.29, 0.717) is 23.3 Å². The van der Waals surface area contributed by atoms with Crippen LogP contribution in [0.1, 0.15) is 19.4 Å². The number of rotatable bonds is 5. The van der Waals surface area contributed by atoms with Crippen LogP contribution in [0.4, 0.5) is 5.82 Å². The van der Waals surface area contributed by atoms with Crippen LogP contribution in [0.2, 0.25) is 0 Å². The van der Waals surface area contributed by atoms with Gasteiger partial charge in [0.2, 0.25) is 0 Å². The van der Waals surface area contributed by atoms with Gasteiger partial charge in [-0.05, 0) is 18.1 Å². The zero-order chi connectivity index (χ0) is 14.4. The van der Waals surface area contributed by atoms with Gasteiger partial charge in [-0.3, -0.25) is 4.90 Å². The number of ether oxygens (including phenoxy) is 1. The second kappa shape index (κ2) is 7.22. The molecule has 1 atom stereocenters. The summed E-state index contributed by atoms with van der Waals surface area (Å²) in [5, 5.41) is 12.4. The van der Waals surface area contributed by atoms with Crippen molar-refractivity contribution in [3.63, 3.8) is 0 Å². The molecule has 1 saturated heterocycles. The summed E-state index contributed by atoms with van der Waals surface area (Å²) in [6.45, 7) is 8.79. The summed E-state index contributed by atoms with van der Waals surface area (Å²) < 4.78 is 5.41. The van der Waals surface area contributed by atoms with Crippen molar-refractivity contribution >= 4 is 5.82 Å². The summed E-state index contributed by atoms with van der Waals surface area (Å²) in [6.07, 6.45) is 1.71. The van der Waals surface area contributed by atoms with E-state index in [1.807, 2.05) is 0 Å². The zero-order valence-electron chi connectivity index (χ0n) is 12.2. The molecule has 0 radical (unpaired) electrons. The highest BCUT2D eigenvalue weighted by molar-refractivity contribution is 5.51. The van der Waals surface area contributed by atoms with Gasteiger partial charge in [0, 0.05) is 31.9 Å². The Kier molecular flexibility index (Phi) is 5.33. The van der Waals surface area contributed by atoms with E-state index >= 15 is 0 Å². The summed E-state index contributed by atoms with van der Waals surface area (Å²) in [4.78, 5) is 6.70. The first kappa shape index (κ1) is 14.8. The smallest absolute Gasteiger partial charge is 0.143 e. The van der Waals surface area contributed by atoms with E-state index in [2.05, 4.69) is 35.1 Å². The maximum absolute atomic E-state index is 9.08. The molecule has 2 heterocycles. The van der Waals surface area contributed by atoms with Crippen molar-refractivity contribution in [3.8, 4) is 6.07 Å². The number of hydrogen-bond acceptors (Lipinski definition) is 5. The third kappa shape index (κ3) is 3.69. The second-order valence-electron chi connectivity index (χ2n) is 5.35. The Morgan fingerprint density at radius 2 is 2.20 bits per heavy atom. The Morgan fingerprint density at radius 3 is 2.85 bits per heavy atom. The molecule has 1 unspecified atom stereocenters. The van der Waals surface area contributed by atoms with E-state index in [-0.39, 0.29) is 0 Å². The van der Waals surface area contributed by atoms with Crippen molar-refractivity contribution < 1.29 is 4.74 Å². The second-order valence-corrected chi connectivity index (χ2v) is 5.35. The highest BCUT2D eigenvalue weighted by atomic mass is 16.5. The lowest BCUT2D eigenvalue weighted by molar-refractivity contribution is 0.00953. The molecule has 0 spiro atoms. The molecule has 0 aromatic carbocycles. The number of nitriles is 1. The zero-order valence-corrected chi connectivity index (χ0v) is 12.2. The standard InChI is InChI=1S/C15H22N4O/c1-12(2)14(19-6-8-20-9-7-19)11-18-15-13(10-16)4-3-5-17-15/h3-5,12,14H,6-9,11H2,1-2H3,(H,17,18). The molecule has 108 valence electrons. The van der Waals surface area contributed by atoms with Crippen molar-refractivity contribution in [2.24, 2.45) is 5.92 Å². The number of nitrogens with one attached hydrogen (secondary N) is 1. The van der Waals surface area contributed by atoms with Gasteiger partial charge in [-0.25, -0.2) is 4.98 Å². The molecule has 1 N–H and O–H groups in total. The molecule has 0 bridgehead atoms. The van der Waals surface area contributed by atoms with Gasteiger partial charge in [0.1, 0.15) is 11.9 Å². The summed E-state index contributed by atoms with van der Waals surface area (Å²) in [6, 6.07) is 6.16. The molecular weight excluding hydrogens is 252 g/mol. The molecule has 5 heteroatoms. The molecule has 1 fully saturated rings. The first-order valence-corrected chi connectivity index (χ1v) is 7.13. The SMILES string of the molecule is CC(C)C(CNc1ncccc1C#N)N1CCOCC1. The Morgan fingerprint density at radius 1 is 1.45 bits per heavy atom. The number of morpholine rings is 1.